The molecule has 5 rings (SSSR count). The van der Waals surface area contributed by atoms with E-state index < -0.39 is 11.9 Å². The molecular formula is C25H20BrN3O4. The summed E-state index contributed by atoms with van der Waals surface area (Å²) in [6.07, 6.45) is 1.06. The molecule has 2 aromatic rings. The normalized spacial score (nSPS) is 19.2. The highest BCUT2D eigenvalue weighted by molar-refractivity contribution is 9.10. The molecule has 166 valence electrons. The topological polar surface area (TPSA) is 86.8 Å². The van der Waals surface area contributed by atoms with Gasteiger partial charge in [-0.15, -0.1) is 0 Å². The summed E-state index contributed by atoms with van der Waals surface area (Å²) in [7, 11) is 0. The number of hydrogen-bond donors (Lipinski definition) is 1. The van der Waals surface area contributed by atoms with Crippen LogP contribution in [-0.4, -0.2) is 46.0 Å². The molecule has 1 unspecified atom stereocenters. The lowest BCUT2D eigenvalue weighted by molar-refractivity contribution is -0.136. The molecule has 1 N–H and O–H groups in total. The highest BCUT2D eigenvalue weighted by Crippen LogP contribution is 2.30. The lowest BCUT2D eigenvalue weighted by atomic mass is 10.0. The highest BCUT2D eigenvalue weighted by Gasteiger charge is 2.39. The van der Waals surface area contributed by atoms with Crippen LogP contribution in [0.3, 0.4) is 0 Å². The van der Waals surface area contributed by atoms with E-state index in [-0.39, 0.29) is 24.1 Å². The number of rotatable bonds is 3. The minimum absolute atomic E-state index is 0.0189. The Bertz CT molecular complexity index is 1280. The third-order valence-corrected chi connectivity index (χ3v) is 6.75. The fraction of sp³-hybridized carbons (Fsp3) is 0.280. The van der Waals surface area contributed by atoms with Gasteiger partial charge in [0.25, 0.3) is 11.8 Å². The molecule has 2 aromatic carbocycles. The SMILES string of the molecule is O=C1CCC(N2Cc3c(C#CCCN4Cc5cc(Br)ccc5C4=O)cccc3C2=O)C(=O)N1. The maximum absolute atomic E-state index is 12.9. The average Bonchev–Trinajstić information content (AvgIpc) is 3.28. The van der Waals surface area contributed by atoms with Crippen LogP contribution in [0.15, 0.2) is 40.9 Å². The largest absolute Gasteiger partial charge is 0.333 e. The number of nitrogens with zero attached hydrogens (tertiary/aromatic N) is 2. The van der Waals surface area contributed by atoms with Crippen LogP contribution >= 0.6 is 15.9 Å². The van der Waals surface area contributed by atoms with Gasteiger partial charge in [-0.25, -0.2) is 0 Å². The van der Waals surface area contributed by atoms with E-state index in [0.29, 0.717) is 38.0 Å². The smallest absolute Gasteiger partial charge is 0.255 e. The molecule has 0 saturated carbocycles. The number of halogens is 1. The first kappa shape index (κ1) is 21.4. The zero-order valence-electron chi connectivity index (χ0n) is 17.7. The predicted octanol–water partition coefficient (Wildman–Crippen LogP) is 2.61. The standard InChI is InChI=1S/C25H20BrN3O4/c26-17-7-8-18-16(12-17)13-28(24(18)32)11-2-1-4-15-5-3-6-19-20(15)14-29(25(19)33)21-9-10-22(30)27-23(21)31/h3,5-8,12,21H,2,9-11,13-14H2,(H,27,30,31). The highest BCUT2D eigenvalue weighted by atomic mass is 79.9. The van der Waals surface area contributed by atoms with Crippen LogP contribution in [0.1, 0.15) is 56.7 Å². The van der Waals surface area contributed by atoms with Gasteiger partial charge in [0, 0.05) is 53.6 Å². The van der Waals surface area contributed by atoms with Gasteiger partial charge in [0.1, 0.15) is 6.04 Å². The summed E-state index contributed by atoms with van der Waals surface area (Å²) in [4.78, 5) is 52.5. The summed E-state index contributed by atoms with van der Waals surface area (Å²) in [5.74, 6) is 5.35. The van der Waals surface area contributed by atoms with Gasteiger partial charge in [-0.05, 0) is 47.9 Å². The van der Waals surface area contributed by atoms with Crippen LogP contribution in [0.25, 0.3) is 0 Å². The van der Waals surface area contributed by atoms with Crippen LogP contribution < -0.4 is 5.32 Å². The van der Waals surface area contributed by atoms with Crippen molar-refractivity contribution in [1.82, 2.24) is 15.1 Å². The average molecular weight is 506 g/mol. The molecule has 1 fully saturated rings. The molecule has 0 radical (unpaired) electrons. The van der Waals surface area contributed by atoms with Crippen LogP contribution in [0.2, 0.25) is 0 Å². The molecule has 0 spiro atoms. The quantitative estimate of drug-likeness (QED) is 0.513. The van der Waals surface area contributed by atoms with Crippen LogP contribution in [0.4, 0.5) is 0 Å². The van der Waals surface area contributed by atoms with Gasteiger partial charge in [0.15, 0.2) is 0 Å². The number of hydrogen-bond acceptors (Lipinski definition) is 4. The molecule has 0 aromatic heterocycles. The molecule has 0 bridgehead atoms. The first-order valence-electron chi connectivity index (χ1n) is 10.8. The van der Waals surface area contributed by atoms with E-state index in [4.69, 9.17) is 0 Å². The summed E-state index contributed by atoms with van der Waals surface area (Å²) in [6.45, 7) is 1.39. The van der Waals surface area contributed by atoms with Gasteiger partial charge in [-0.3, -0.25) is 24.5 Å². The zero-order chi connectivity index (χ0) is 23.1. The molecule has 33 heavy (non-hydrogen) atoms. The van der Waals surface area contributed by atoms with Crippen molar-refractivity contribution in [3.05, 3.63) is 68.7 Å². The Balaban J connectivity index is 1.27. The molecule has 1 saturated heterocycles. The second kappa shape index (κ2) is 8.49. The molecule has 7 nitrogen and oxygen atoms in total. The van der Waals surface area contributed by atoms with Crippen molar-refractivity contribution in [2.75, 3.05) is 6.54 Å². The van der Waals surface area contributed by atoms with Crippen molar-refractivity contribution >= 4 is 39.6 Å². The summed E-state index contributed by atoms with van der Waals surface area (Å²) in [5, 5.41) is 2.32. The molecular weight excluding hydrogens is 486 g/mol. The molecule has 0 aliphatic carbocycles. The molecule has 3 aliphatic heterocycles. The second-order valence-corrected chi connectivity index (χ2v) is 9.23. The Morgan fingerprint density at radius 1 is 1.03 bits per heavy atom. The minimum atomic E-state index is -0.647. The maximum atomic E-state index is 12.9. The maximum Gasteiger partial charge on any atom is 0.255 e. The molecule has 1 atom stereocenters. The Morgan fingerprint density at radius 3 is 2.70 bits per heavy atom. The van der Waals surface area contributed by atoms with Gasteiger partial charge < -0.3 is 9.80 Å². The van der Waals surface area contributed by atoms with Gasteiger partial charge >= 0.3 is 0 Å². The van der Waals surface area contributed by atoms with Gasteiger partial charge in [0.05, 0.1) is 0 Å². The second-order valence-electron chi connectivity index (χ2n) is 8.31. The summed E-state index contributed by atoms with van der Waals surface area (Å²) in [6, 6.07) is 10.4. The minimum Gasteiger partial charge on any atom is -0.333 e. The lowest BCUT2D eigenvalue weighted by Crippen LogP contribution is -2.52. The molecule has 8 heteroatoms. The summed E-state index contributed by atoms with van der Waals surface area (Å²) in [5.41, 5.74) is 3.83. The van der Waals surface area contributed by atoms with Gasteiger partial charge in [-0.2, -0.15) is 0 Å². The summed E-state index contributed by atoms with van der Waals surface area (Å²) >= 11 is 3.44. The van der Waals surface area contributed by atoms with Gasteiger partial charge in [0.2, 0.25) is 11.8 Å². The fourth-order valence-corrected chi connectivity index (χ4v) is 4.99. The number of amides is 4. The molecule has 4 amide bonds. The van der Waals surface area contributed by atoms with E-state index in [1.807, 2.05) is 24.3 Å². The van der Waals surface area contributed by atoms with E-state index in [1.54, 1.807) is 17.0 Å². The van der Waals surface area contributed by atoms with E-state index in [9.17, 15) is 19.2 Å². The predicted molar refractivity (Wildman–Crippen MR) is 123 cm³/mol. The van der Waals surface area contributed by atoms with Crippen molar-refractivity contribution in [2.45, 2.75) is 38.4 Å². The van der Waals surface area contributed by atoms with Crippen molar-refractivity contribution in [3.63, 3.8) is 0 Å². The Labute approximate surface area is 199 Å². The lowest BCUT2D eigenvalue weighted by Gasteiger charge is -2.29. The number of carbonyl (C=O) groups excluding carboxylic acids is 4. The summed E-state index contributed by atoms with van der Waals surface area (Å²) < 4.78 is 0.953. The molecule has 3 aliphatic rings. The number of benzene rings is 2. The number of nitrogens with one attached hydrogen (secondary N) is 1. The third kappa shape index (κ3) is 3.93. The Hall–Kier alpha value is -3.44. The first-order chi connectivity index (χ1) is 15.9. The number of fused-ring (bicyclic) bond motifs is 2. The first-order valence-corrected chi connectivity index (χ1v) is 11.5. The fourth-order valence-electron chi connectivity index (χ4n) is 4.58. The van der Waals surface area contributed by atoms with Crippen molar-refractivity contribution in [1.29, 1.82) is 0 Å². The van der Waals surface area contributed by atoms with E-state index >= 15 is 0 Å². The Kier molecular flexibility index (Phi) is 5.51. The number of piperidine rings is 1. The van der Waals surface area contributed by atoms with E-state index in [1.165, 1.54) is 4.90 Å². The monoisotopic (exact) mass is 505 g/mol. The Morgan fingerprint density at radius 2 is 1.88 bits per heavy atom. The molecule has 3 heterocycles. The van der Waals surface area contributed by atoms with Crippen LogP contribution in [0.5, 0.6) is 0 Å². The van der Waals surface area contributed by atoms with Crippen LogP contribution in [-0.2, 0) is 22.7 Å². The van der Waals surface area contributed by atoms with Gasteiger partial charge in [-0.1, -0.05) is 33.8 Å². The van der Waals surface area contributed by atoms with E-state index in [0.717, 1.165) is 26.7 Å². The van der Waals surface area contributed by atoms with Crippen molar-refractivity contribution in [2.24, 2.45) is 0 Å². The zero-order valence-corrected chi connectivity index (χ0v) is 19.3. The van der Waals surface area contributed by atoms with E-state index in [2.05, 4.69) is 33.1 Å². The van der Waals surface area contributed by atoms with Crippen molar-refractivity contribution < 1.29 is 19.2 Å². The van der Waals surface area contributed by atoms with Crippen molar-refractivity contribution in [3.8, 4) is 11.8 Å². The number of carbonyl (C=O) groups is 4. The number of imide groups is 1. The van der Waals surface area contributed by atoms with Crippen LogP contribution in [0, 0.1) is 11.8 Å². The third-order valence-electron chi connectivity index (χ3n) is 6.26.